The molecule has 1 amide bonds. The Morgan fingerprint density at radius 2 is 1.81 bits per heavy atom. The number of hydrogen-bond donors (Lipinski definition) is 1. The molecule has 0 saturated heterocycles. The number of rotatable bonds is 7. The summed E-state index contributed by atoms with van der Waals surface area (Å²) in [5, 5.41) is 2.69. The van der Waals surface area contributed by atoms with E-state index in [2.05, 4.69) is 5.32 Å². The summed E-state index contributed by atoms with van der Waals surface area (Å²) in [5.41, 5.74) is 2.65. The summed E-state index contributed by atoms with van der Waals surface area (Å²) >= 11 is 0. The van der Waals surface area contributed by atoms with Crippen LogP contribution >= 0.6 is 0 Å². The average molecular weight is 388 g/mol. The van der Waals surface area contributed by atoms with Crippen LogP contribution in [0.25, 0.3) is 0 Å². The van der Waals surface area contributed by atoms with Crippen LogP contribution in [-0.4, -0.2) is 44.1 Å². The normalized spacial score (nSPS) is 14.4. The zero-order valence-corrected chi connectivity index (χ0v) is 16.2. The van der Waals surface area contributed by atoms with E-state index in [0.717, 1.165) is 5.56 Å². The Bertz CT molecular complexity index is 912. The third-order valence-corrected chi connectivity index (χ3v) is 6.38. The fourth-order valence-electron chi connectivity index (χ4n) is 3.16. The van der Waals surface area contributed by atoms with Crippen molar-refractivity contribution in [2.24, 2.45) is 0 Å². The van der Waals surface area contributed by atoms with E-state index in [0.29, 0.717) is 37.4 Å². The van der Waals surface area contributed by atoms with E-state index in [1.807, 2.05) is 31.2 Å². The minimum atomic E-state index is -3.44. The largest absolute Gasteiger partial charge is 0.493 e. The molecule has 0 radical (unpaired) electrons. The lowest BCUT2D eigenvalue weighted by Gasteiger charge is -2.28. The number of fused-ring (bicyclic) bond motifs is 1. The van der Waals surface area contributed by atoms with Crippen molar-refractivity contribution in [3.8, 4) is 5.75 Å². The van der Waals surface area contributed by atoms with E-state index in [1.54, 1.807) is 24.3 Å². The summed E-state index contributed by atoms with van der Waals surface area (Å²) in [7, 11) is -3.44. The van der Waals surface area contributed by atoms with Crippen molar-refractivity contribution >= 4 is 15.9 Å². The summed E-state index contributed by atoms with van der Waals surface area (Å²) in [6.45, 7) is 3.22. The monoisotopic (exact) mass is 388 g/mol. The van der Waals surface area contributed by atoms with Crippen LogP contribution < -0.4 is 10.1 Å². The fraction of sp³-hybridized carbons (Fsp3) is 0.350. The lowest BCUT2D eigenvalue weighted by atomic mass is 10.0. The second-order valence-corrected chi connectivity index (χ2v) is 8.44. The molecule has 0 aromatic heterocycles. The molecular weight excluding hydrogens is 364 g/mol. The molecule has 3 rings (SSSR count). The molecule has 0 fully saturated rings. The number of para-hydroxylation sites is 1. The van der Waals surface area contributed by atoms with Crippen LogP contribution in [0.5, 0.6) is 5.75 Å². The second-order valence-electron chi connectivity index (χ2n) is 6.35. The van der Waals surface area contributed by atoms with E-state index >= 15 is 0 Å². The molecule has 0 bridgehead atoms. The standard InChI is InChI=1S/C20H24N2O4S/c1-2-26-19-10-6-5-9-18(19)20(23)21-12-14-27(24,25)22-13-11-16-7-3-4-8-17(16)15-22/h3-10H,2,11-15H2,1H3,(H,21,23). The maximum absolute atomic E-state index is 12.6. The summed E-state index contributed by atoms with van der Waals surface area (Å²) in [5.74, 6) is 0.0313. The fourth-order valence-corrected chi connectivity index (χ4v) is 4.48. The van der Waals surface area contributed by atoms with Crippen LogP contribution in [0.2, 0.25) is 0 Å². The molecule has 27 heavy (non-hydrogen) atoms. The molecule has 6 nitrogen and oxygen atoms in total. The van der Waals surface area contributed by atoms with Gasteiger partial charge in [0.15, 0.2) is 0 Å². The predicted molar refractivity (Wildman–Crippen MR) is 104 cm³/mol. The summed E-state index contributed by atoms with van der Waals surface area (Å²) in [6, 6.07) is 14.8. The Kier molecular flexibility index (Phi) is 6.13. The first-order valence-corrected chi connectivity index (χ1v) is 10.7. The predicted octanol–water partition coefficient (Wildman–Crippen LogP) is 2.20. The first-order valence-electron chi connectivity index (χ1n) is 9.06. The lowest BCUT2D eigenvalue weighted by molar-refractivity contribution is 0.0952. The van der Waals surface area contributed by atoms with E-state index in [4.69, 9.17) is 4.74 Å². The molecule has 1 aliphatic rings. The number of benzene rings is 2. The highest BCUT2D eigenvalue weighted by molar-refractivity contribution is 7.89. The topological polar surface area (TPSA) is 75.7 Å². The Balaban J connectivity index is 1.58. The zero-order valence-electron chi connectivity index (χ0n) is 15.3. The van der Waals surface area contributed by atoms with Gasteiger partial charge in [0.2, 0.25) is 10.0 Å². The van der Waals surface area contributed by atoms with Crippen molar-refractivity contribution in [1.82, 2.24) is 9.62 Å². The number of sulfonamides is 1. The van der Waals surface area contributed by atoms with Crippen molar-refractivity contribution in [1.29, 1.82) is 0 Å². The molecule has 2 aromatic rings. The van der Waals surface area contributed by atoms with E-state index in [9.17, 15) is 13.2 Å². The molecule has 1 aliphatic heterocycles. The SMILES string of the molecule is CCOc1ccccc1C(=O)NCCS(=O)(=O)N1CCc2ccccc2C1. The number of hydrogen-bond acceptors (Lipinski definition) is 4. The number of nitrogens with zero attached hydrogens (tertiary/aromatic N) is 1. The van der Waals surface area contributed by atoms with Crippen LogP contribution in [0.3, 0.4) is 0 Å². The highest BCUT2D eigenvalue weighted by Crippen LogP contribution is 2.21. The molecule has 0 aliphatic carbocycles. The molecule has 7 heteroatoms. The van der Waals surface area contributed by atoms with Gasteiger partial charge in [-0.2, -0.15) is 4.31 Å². The van der Waals surface area contributed by atoms with Gasteiger partial charge in [-0.1, -0.05) is 36.4 Å². The molecular formula is C20H24N2O4S. The maximum atomic E-state index is 12.6. The van der Waals surface area contributed by atoms with Crippen LogP contribution in [0, 0.1) is 0 Å². The second kappa shape index (κ2) is 8.54. The number of ether oxygens (including phenoxy) is 1. The Morgan fingerprint density at radius 3 is 2.59 bits per heavy atom. The molecule has 1 heterocycles. The van der Waals surface area contributed by atoms with Gasteiger partial charge in [0.05, 0.1) is 17.9 Å². The molecule has 1 N–H and O–H groups in total. The molecule has 0 atom stereocenters. The van der Waals surface area contributed by atoms with Gasteiger partial charge in [0.1, 0.15) is 5.75 Å². The molecule has 0 unspecified atom stereocenters. The van der Waals surface area contributed by atoms with Gasteiger partial charge in [-0.25, -0.2) is 8.42 Å². The maximum Gasteiger partial charge on any atom is 0.255 e. The van der Waals surface area contributed by atoms with Crippen LogP contribution in [0.1, 0.15) is 28.4 Å². The molecule has 0 spiro atoms. The van der Waals surface area contributed by atoms with Crippen LogP contribution in [-0.2, 0) is 23.0 Å². The van der Waals surface area contributed by atoms with E-state index in [1.165, 1.54) is 9.87 Å². The van der Waals surface area contributed by atoms with Crippen molar-refractivity contribution < 1.29 is 17.9 Å². The number of carbonyl (C=O) groups is 1. The highest BCUT2D eigenvalue weighted by atomic mass is 32.2. The quantitative estimate of drug-likeness (QED) is 0.789. The summed E-state index contributed by atoms with van der Waals surface area (Å²) in [6.07, 6.45) is 0.712. The number of nitrogens with one attached hydrogen (secondary N) is 1. The van der Waals surface area contributed by atoms with Gasteiger partial charge in [-0.15, -0.1) is 0 Å². The van der Waals surface area contributed by atoms with E-state index in [-0.39, 0.29) is 18.2 Å². The van der Waals surface area contributed by atoms with Gasteiger partial charge in [0, 0.05) is 19.6 Å². The van der Waals surface area contributed by atoms with E-state index < -0.39 is 10.0 Å². The smallest absolute Gasteiger partial charge is 0.255 e. The third-order valence-electron chi connectivity index (χ3n) is 4.57. The lowest BCUT2D eigenvalue weighted by Crippen LogP contribution is -2.40. The van der Waals surface area contributed by atoms with Gasteiger partial charge in [-0.05, 0) is 36.6 Å². The average Bonchev–Trinajstić information content (AvgIpc) is 2.68. The zero-order chi connectivity index (χ0) is 19.3. The minimum absolute atomic E-state index is 0.0553. The van der Waals surface area contributed by atoms with Gasteiger partial charge >= 0.3 is 0 Å². The molecule has 144 valence electrons. The van der Waals surface area contributed by atoms with Crippen molar-refractivity contribution in [2.45, 2.75) is 19.9 Å². The summed E-state index contributed by atoms with van der Waals surface area (Å²) < 4.78 is 32.2. The number of amides is 1. The first kappa shape index (κ1) is 19.4. The molecule has 0 saturated carbocycles. The van der Waals surface area contributed by atoms with Crippen LogP contribution in [0.4, 0.5) is 0 Å². The summed E-state index contributed by atoms with van der Waals surface area (Å²) in [4.78, 5) is 12.4. The van der Waals surface area contributed by atoms with Gasteiger partial charge in [0.25, 0.3) is 5.91 Å². The van der Waals surface area contributed by atoms with Crippen molar-refractivity contribution in [3.05, 3.63) is 65.2 Å². The Labute approximate surface area is 160 Å². The van der Waals surface area contributed by atoms with Gasteiger partial charge < -0.3 is 10.1 Å². The van der Waals surface area contributed by atoms with Crippen molar-refractivity contribution in [3.63, 3.8) is 0 Å². The number of carbonyl (C=O) groups excluding carboxylic acids is 1. The Morgan fingerprint density at radius 1 is 1.11 bits per heavy atom. The van der Waals surface area contributed by atoms with Gasteiger partial charge in [-0.3, -0.25) is 4.79 Å². The third kappa shape index (κ3) is 4.67. The first-order chi connectivity index (χ1) is 13.0. The van der Waals surface area contributed by atoms with Crippen molar-refractivity contribution in [2.75, 3.05) is 25.4 Å². The van der Waals surface area contributed by atoms with Crippen LogP contribution in [0.15, 0.2) is 48.5 Å². The highest BCUT2D eigenvalue weighted by Gasteiger charge is 2.26. The Hall–Kier alpha value is -2.38. The molecule has 2 aromatic carbocycles. The minimum Gasteiger partial charge on any atom is -0.493 e.